The molecule has 0 aliphatic carbocycles. The Morgan fingerprint density at radius 1 is 0.710 bits per heavy atom. The van der Waals surface area contributed by atoms with Gasteiger partial charge in [-0.1, -0.05) is 36.4 Å². The number of hydrogen-bond acceptors (Lipinski definition) is 7. The fourth-order valence-corrected chi connectivity index (χ4v) is 2.94. The molecule has 162 valence electrons. The first-order valence-electron chi connectivity index (χ1n) is 9.73. The zero-order chi connectivity index (χ0) is 22.1. The lowest BCUT2D eigenvalue weighted by atomic mass is 10.2. The van der Waals surface area contributed by atoms with Crippen LogP contribution >= 0.6 is 0 Å². The van der Waals surface area contributed by atoms with E-state index in [0.29, 0.717) is 24.0 Å². The summed E-state index contributed by atoms with van der Waals surface area (Å²) in [6.07, 6.45) is -1.29. The SMILES string of the molecule is O=C(NC(=O)c1ccccc1)OCC1CCC(COC(=O)NC(=O)c2ccccc2)O1. The minimum atomic E-state index is -0.865. The minimum absolute atomic E-state index is 0.0386. The van der Waals surface area contributed by atoms with Gasteiger partial charge in [-0.3, -0.25) is 20.2 Å². The number of carbonyl (C=O) groups is 4. The van der Waals surface area contributed by atoms with Crippen molar-refractivity contribution in [3.8, 4) is 0 Å². The summed E-state index contributed by atoms with van der Waals surface area (Å²) in [5, 5.41) is 4.28. The Bertz CT molecular complexity index is 842. The molecule has 2 N–H and O–H groups in total. The quantitative estimate of drug-likeness (QED) is 0.729. The lowest BCUT2D eigenvalue weighted by Crippen LogP contribution is -2.34. The number of rotatable bonds is 6. The average molecular weight is 426 g/mol. The summed E-state index contributed by atoms with van der Waals surface area (Å²) < 4.78 is 15.7. The summed E-state index contributed by atoms with van der Waals surface area (Å²) in [6.45, 7) is -0.0772. The van der Waals surface area contributed by atoms with Crippen LogP contribution in [0.5, 0.6) is 0 Å². The maximum Gasteiger partial charge on any atom is 0.414 e. The Morgan fingerprint density at radius 3 is 1.48 bits per heavy atom. The molecule has 0 bridgehead atoms. The molecule has 1 aliphatic rings. The van der Waals surface area contributed by atoms with Crippen LogP contribution in [0.25, 0.3) is 0 Å². The molecule has 9 nitrogen and oxygen atoms in total. The Morgan fingerprint density at radius 2 is 1.10 bits per heavy atom. The highest BCUT2D eigenvalue weighted by Crippen LogP contribution is 2.20. The highest BCUT2D eigenvalue weighted by Gasteiger charge is 2.28. The van der Waals surface area contributed by atoms with Gasteiger partial charge in [0.1, 0.15) is 13.2 Å². The molecule has 3 rings (SSSR count). The minimum Gasteiger partial charge on any atom is -0.446 e. The van der Waals surface area contributed by atoms with Gasteiger partial charge in [0.15, 0.2) is 0 Å². The molecule has 1 aliphatic heterocycles. The second kappa shape index (κ2) is 10.9. The summed E-state index contributed by atoms with van der Waals surface area (Å²) in [4.78, 5) is 47.4. The van der Waals surface area contributed by atoms with Crippen LogP contribution in [0.15, 0.2) is 60.7 Å². The van der Waals surface area contributed by atoms with Crippen molar-refractivity contribution >= 4 is 24.0 Å². The van der Waals surface area contributed by atoms with Crippen LogP contribution < -0.4 is 10.6 Å². The molecular weight excluding hydrogens is 404 g/mol. The number of carbonyl (C=O) groups excluding carboxylic acids is 4. The number of amides is 4. The standard InChI is InChI=1S/C22H22N2O7/c25-19(15-7-3-1-4-8-15)23-21(27)29-13-17-11-12-18(31-17)14-30-22(28)24-20(26)16-9-5-2-6-10-16/h1-10,17-18H,11-14H2,(H,23,25,27)(H,24,26,28). The maximum atomic E-state index is 11.9. The number of benzene rings is 2. The normalized spacial score (nSPS) is 17.4. The van der Waals surface area contributed by atoms with Crippen LogP contribution in [0.2, 0.25) is 0 Å². The molecule has 9 heteroatoms. The smallest absolute Gasteiger partial charge is 0.414 e. The van der Waals surface area contributed by atoms with E-state index < -0.39 is 24.0 Å². The van der Waals surface area contributed by atoms with Crippen LogP contribution in [0.4, 0.5) is 9.59 Å². The van der Waals surface area contributed by atoms with Gasteiger partial charge in [0.05, 0.1) is 12.2 Å². The summed E-state index contributed by atoms with van der Waals surface area (Å²) in [5.41, 5.74) is 0.690. The van der Waals surface area contributed by atoms with Crippen molar-refractivity contribution in [1.29, 1.82) is 0 Å². The monoisotopic (exact) mass is 426 g/mol. The van der Waals surface area contributed by atoms with Crippen molar-refractivity contribution in [3.05, 3.63) is 71.8 Å². The lowest BCUT2D eigenvalue weighted by Gasteiger charge is -2.14. The van der Waals surface area contributed by atoms with Gasteiger partial charge < -0.3 is 14.2 Å². The third-order valence-electron chi connectivity index (χ3n) is 4.50. The van der Waals surface area contributed by atoms with E-state index >= 15 is 0 Å². The number of hydrogen-bond donors (Lipinski definition) is 2. The summed E-state index contributed by atoms with van der Waals surface area (Å²) >= 11 is 0. The second-order valence-electron chi connectivity index (χ2n) is 6.79. The zero-order valence-electron chi connectivity index (χ0n) is 16.6. The molecule has 1 fully saturated rings. The fraction of sp³-hybridized carbons (Fsp3) is 0.273. The predicted molar refractivity (Wildman–Crippen MR) is 108 cm³/mol. The molecule has 2 aromatic rings. The van der Waals surface area contributed by atoms with Crippen LogP contribution in [0.3, 0.4) is 0 Å². The molecule has 31 heavy (non-hydrogen) atoms. The molecule has 0 saturated carbocycles. The molecule has 2 unspecified atom stereocenters. The van der Waals surface area contributed by atoms with Gasteiger partial charge in [-0.2, -0.15) is 0 Å². The van der Waals surface area contributed by atoms with E-state index in [1.165, 1.54) is 0 Å². The number of alkyl carbamates (subject to hydrolysis) is 2. The lowest BCUT2D eigenvalue weighted by molar-refractivity contribution is -0.0194. The van der Waals surface area contributed by atoms with Gasteiger partial charge in [0.2, 0.25) is 0 Å². The predicted octanol–water partition coefficient (Wildman–Crippen LogP) is 2.67. The first-order valence-corrected chi connectivity index (χ1v) is 9.73. The third kappa shape index (κ3) is 6.93. The van der Waals surface area contributed by atoms with E-state index in [1.807, 2.05) is 0 Å². The molecule has 4 amide bonds. The Labute approximate surface area is 178 Å². The highest BCUT2D eigenvalue weighted by atomic mass is 16.6. The van der Waals surface area contributed by atoms with Crippen LogP contribution in [-0.4, -0.2) is 49.4 Å². The van der Waals surface area contributed by atoms with Gasteiger partial charge in [-0.05, 0) is 37.1 Å². The largest absolute Gasteiger partial charge is 0.446 e. The van der Waals surface area contributed by atoms with Gasteiger partial charge in [0.25, 0.3) is 11.8 Å². The molecule has 1 heterocycles. The Hall–Kier alpha value is -3.72. The van der Waals surface area contributed by atoms with E-state index in [2.05, 4.69) is 10.6 Å². The van der Waals surface area contributed by atoms with Crippen molar-refractivity contribution in [2.24, 2.45) is 0 Å². The van der Waals surface area contributed by atoms with Crippen LogP contribution in [0, 0.1) is 0 Å². The summed E-state index contributed by atoms with van der Waals surface area (Å²) in [6, 6.07) is 16.6. The van der Waals surface area contributed by atoms with Crippen LogP contribution in [0.1, 0.15) is 33.6 Å². The van der Waals surface area contributed by atoms with Crippen molar-refractivity contribution in [2.45, 2.75) is 25.0 Å². The fourth-order valence-electron chi connectivity index (χ4n) is 2.94. The molecule has 2 atom stereocenters. The molecular formula is C22H22N2O7. The summed E-state index contributed by atoms with van der Waals surface area (Å²) in [5.74, 6) is -1.11. The summed E-state index contributed by atoms with van der Waals surface area (Å²) in [7, 11) is 0. The third-order valence-corrected chi connectivity index (χ3v) is 4.50. The van der Waals surface area contributed by atoms with Gasteiger partial charge in [-0.15, -0.1) is 0 Å². The number of imide groups is 2. The van der Waals surface area contributed by atoms with E-state index in [1.54, 1.807) is 60.7 Å². The topological polar surface area (TPSA) is 120 Å². The van der Waals surface area contributed by atoms with Crippen molar-refractivity contribution in [2.75, 3.05) is 13.2 Å². The van der Waals surface area contributed by atoms with E-state index in [0.717, 1.165) is 0 Å². The van der Waals surface area contributed by atoms with Crippen LogP contribution in [-0.2, 0) is 14.2 Å². The van der Waals surface area contributed by atoms with E-state index in [9.17, 15) is 19.2 Å². The van der Waals surface area contributed by atoms with Gasteiger partial charge >= 0.3 is 12.2 Å². The highest BCUT2D eigenvalue weighted by molar-refractivity contribution is 6.03. The second-order valence-corrected chi connectivity index (χ2v) is 6.79. The number of nitrogens with one attached hydrogen (secondary N) is 2. The van der Waals surface area contributed by atoms with Crippen molar-refractivity contribution in [3.63, 3.8) is 0 Å². The Balaban J connectivity index is 1.32. The van der Waals surface area contributed by atoms with E-state index in [4.69, 9.17) is 14.2 Å². The molecule has 1 saturated heterocycles. The molecule has 0 spiro atoms. The molecule has 2 aromatic carbocycles. The molecule has 0 radical (unpaired) electrons. The first kappa shape index (κ1) is 22.0. The molecule has 0 aromatic heterocycles. The average Bonchev–Trinajstić information content (AvgIpc) is 3.25. The Kier molecular flexibility index (Phi) is 7.72. The zero-order valence-corrected chi connectivity index (χ0v) is 16.6. The van der Waals surface area contributed by atoms with Crippen molar-refractivity contribution < 1.29 is 33.4 Å². The van der Waals surface area contributed by atoms with Gasteiger partial charge in [0, 0.05) is 11.1 Å². The van der Waals surface area contributed by atoms with E-state index in [-0.39, 0.29) is 25.4 Å². The van der Waals surface area contributed by atoms with Crippen molar-refractivity contribution in [1.82, 2.24) is 10.6 Å². The number of ether oxygens (including phenoxy) is 3. The maximum absolute atomic E-state index is 11.9. The first-order chi connectivity index (χ1) is 15.0. The van der Waals surface area contributed by atoms with Gasteiger partial charge in [-0.25, -0.2) is 9.59 Å².